The topological polar surface area (TPSA) is 50.8 Å². The lowest BCUT2D eigenvalue weighted by molar-refractivity contribution is 0.218. The smallest absolute Gasteiger partial charge is 0.258 e. The number of fused-ring (bicyclic) bond motifs is 1. The van der Waals surface area contributed by atoms with Gasteiger partial charge in [-0.25, -0.2) is 4.98 Å². The minimum absolute atomic E-state index is 0.0289. The molecule has 0 aliphatic carbocycles. The molecule has 5 nitrogen and oxygen atoms in total. The van der Waals surface area contributed by atoms with E-state index < -0.39 is 0 Å². The number of nitrogens with zero attached hydrogens (tertiary/aromatic N) is 3. The van der Waals surface area contributed by atoms with Gasteiger partial charge >= 0.3 is 0 Å². The summed E-state index contributed by atoms with van der Waals surface area (Å²) in [6, 6.07) is 9.73. The Labute approximate surface area is 134 Å². The second-order valence-corrected chi connectivity index (χ2v) is 6.16. The summed E-state index contributed by atoms with van der Waals surface area (Å²) in [5.74, 6) is 0.996. The fourth-order valence-corrected chi connectivity index (χ4v) is 3.36. The quantitative estimate of drug-likeness (QED) is 0.746. The highest BCUT2D eigenvalue weighted by Gasteiger charge is 2.28. The third-order valence-electron chi connectivity index (χ3n) is 4.48. The number of rotatable bonds is 3. The summed E-state index contributed by atoms with van der Waals surface area (Å²) < 4.78 is 7.15. The summed E-state index contributed by atoms with van der Waals surface area (Å²) in [6.07, 6.45) is 5.72. The van der Waals surface area contributed by atoms with E-state index >= 15 is 0 Å². The predicted molar refractivity (Wildman–Crippen MR) is 87.3 cm³/mol. The second-order valence-electron chi connectivity index (χ2n) is 6.16. The van der Waals surface area contributed by atoms with Crippen molar-refractivity contribution in [3.8, 4) is 0 Å². The van der Waals surface area contributed by atoms with Crippen molar-refractivity contribution in [1.29, 1.82) is 0 Å². The Kier molecular flexibility index (Phi) is 3.50. The van der Waals surface area contributed by atoms with Crippen LogP contribution in [0.2, 0.25) is 0 Å². The first-order valence-electron chi connectivity index (χ1n) is 7.97. The summed E-state index contributed by atoms with van der Waals surface area (Å²) in [4.78, 5) is 19.3. The van der Waals surface area contributed by atoms with Crippen molar-refractivity contribution in [3.63, 3.8) is 0 Å². The van der Waals surface area contributed by atoms with Gasteiger partial charge in [-0.2, -0.15) is 0 Å². The van der Waals surface area contributed by atoms with Gasteiger partial charge in [0, 0.05) is 18.8 Å². The van der Waals surface area contributed by atoms with E-state index in [1.807, 2.05) is 31.2 Å². The van der Waals surface area contributed by atoms with E-state index in [1.165, 1.54) is 0 Å². The highest BCUT2D eigenvalue weighted by molar-refractivity contribution is 5.41. The molecular formula is C18H19N3O2. The summed E-state index contributed by atoms with van der Waals surface area (Å²) in [5, 5.41) is 0. The van der Waals surface area contributed by atoms with Gasteiger partial charge in [0.05, 0.1) is 18.0 Å². The molecule has 0 bridgehead atoms. The van der Waals surface area contributed by atoms with Gasteiger partial charge in [0.15, 0.2) is 0 Å². The molecule has 0 saturated carbocycles. The van der Waals surface area contributed by atoms with Crippen LogP contribution in [0.15, 0.2) is 52.0 Å². The van der Waals surface area contributed by atoms with Crippen LogP contribution in [-0.2, 0) is 6.54 Å². The van der Waals surface area contributed by atoms with Crippen LogP contribution in [0.25, 0.3) is 5.65 Å². The van der Waals surface area contributed by atoms with E-state index in [9.17, 15) is 4.79 Å². The zero-order valence-electron chi connectivity index (χ0n) is 13.1. The van der Waals surface area contributed by atoms with Gasteiger partial charge < -0.3 is 4.42 Å². The second kappa shape index (κ2) is 5.66. The van der Waals surface area contributed by atoms with Gasteiger partial charge in [-0.05, 0) is 56.1 Å². The number of hydrogen-bond donors (Lipinski definition) is 0. The first-order chi connectivity index (χ1) is 11.2. The molecule has 5 heteroatoms. The highest BCUT2D eigenvalue weighted by Crippen LogP contribution is 2.32. The third kappa shape index (κ3) is 2.68. The molecule has 0 radical (unpaired) electrons. The molecule has 3 aromatic rings. The zero-order chi connectivity index (χ0) is 15.8. The maximum Gasteiger partial charge on any atom is 0.258 e. The molecular weight excluding hydrogens is 290 g/mol. The normalized spacial score (nSPS) is 18.7. The Hall–Kier alpha value is -2.40. The summed E-state index contributed by atoms with van der Waals surface area (Å²) in [7, 11) is 0. The average molecular weight is 309 g/mol. The lowest BCUT2D eigenvalue weighted by atomic mass is 10.1. The lowest BCUT2D eigenvalue weighted by Gasteiger charge is -2.22. The Morgan fingerprint density at radius 2 is 2.26 bits per heavy atom. The molecule has 1 aliphatic rings. The molecule has 1 atom stereocenters. The number of likely N-dealkylation sites (tertiary alicyclic amines) is 1. The fourth-order valence-electron chi connectivity index (χ4n) is 3.36. The summed E-state index contributed by atoms with van der Waals surface area (Å²) >= 11 is 0. The van der Waals surface area contributed by atoms with Crippen molar-refractivity contribution < 1.29 is 4.42 Å². The van der Waals surface area contributed by atoms with Crippen molar-refractivity contribution in [2.45, 2.75) is 32.4 Å². The van der Waals surface area contributed by atoms with E-state index in [-0.39, 0.29) is 11.6 Å². The number of aromatic nitrogens is 2. The van der Waals surface area contributed by atoms with Crippen molar-refractivity contribution >= 4 is 5.65 Å². The maximum atomic E-state index is 12.3. The zero-order valence-corrected chi connectivity index (χ0v) is 13.1. The molecule has 1 unspecified atom stereocenters. The van der Waals surface area contributed by atoms with Gasteiger partial charge in [-0.3, -0.25) is 14.1 Å². The lowest BCUT2D eigenvalue weighted by Crippen LogP contribution is -2.25. The van der Waals surface area contributed by atoms with Crippen LogP contribution in [0, 0.1) is 6.92 Å². The molecule has 4 heterocycles. The SMILES string of the molecule is Cc1ccn2c(=O)cc(CN3CCCC3c3ccco3)nc2c1. The Morgan fingerprint density at radius 1 is 1.35 bits per heavy atom. The van der Waals surface area contributed by atoms with Crippen LogP contribution in [0.4, 0.5) is 0 Å². The summed E-state index contributed by atoms with van der Waals surface area (Å²) in [6.45, 7) is 3.68. The van der Waals surface area contributed by atoms with Gasteiger partial charge in [0.2, 0.25) is 0 Å². The predicted octanol–water partition coefficient (Wildman–Crippen LogP) is 2.93. The molecule has 1 saturated heterocycles. The third-order valence-corrected chi connectivity index (χ3v) is 4.48. The van der Waals surface area contributed by atoms with Gasteiger partial charge in [-0.15, -0.1) is 0 Å². The Bertz CT molecular complexity index is 883. The van der Waals surface area contributed by atoms with Gasteiger partial charge in [-0.1, -0.05) is 0 Å². The number of hydrogen-bond acceptors (Lipinski definition) is 4. The van der Waals surface area contributed by atoms with Crippen LogP contribution < -0.4 is 5.56 Å². The first-order valence-corrected chi connectivity index (χ1v) is 7.97. The minimum Gasteiger partial charge on any atom is -0.468 e. The highest BCUT2D eigenvalue weighted by atomic mass is 16.3. The van der Waals surface area contributed by atoms with Crippen LogP contribution in [0.5, 0.6) is 0 Å². The van der Waals surface area contributed by atoms with E-state index in [0.717, 1.165) is 36.4 Å². The number of pyridine rings is 1. The van der Waals surface area contributed by atoms with Gasteiger partial charge in [0.25, 0.3) is 5.56 Å². The van der Waals surface area contributed by atoms with Crippen LogP contribution >= 0.6 is 0 Å². The fraction of sp³-hybridized carbons (Fsp3) is 0.333. The van der Waals surface area contributed by atoms with Crippen molar-refractivity contribution in [2.75, 3.05) is 6.54 Å². The molecule has 4 rings (SSSR count). The standard InChI is InChI=1S/C18H19N3O2/c1-13-6-8-21-17(10-13)19-14(11-18(21)22)12-20-7-2-4-15(20)16-5-3-9-23-16/h3,5-6,8-11,15H,2,4,7,12H2,1H3. The maximum absolute atomic E-state index is 12.3. The monoisotopic (exact) mass is 309 g/mol. The molecule has 1 fully saturated rings. The van der Waals surface area contributed by atoms with Crippen molar-refractivity contribution in [2.24, 2.45) is 0 Å². The average Bonchev–Trinajstić information content (AvgIpc) is 3.17. The molecule has 0 spiro atoms. The van der Waals surface area contributed by atoms with Crippen molar-refractivity contribution in [1.82, 2.24) is 14.3 Å². The number of furan rings is 1. The van der Waals surface area contributed by atoms with Crippen LogP contribution in [0.3, 0.4) is 0 Å². The van der Waals surface area contributed by atoms with Crippen LogP contribution in [-0.4, -0.2) is 20.8 Å². The van der Waals surface area contributed by atoms with E-state index in [0.29, 0.717) is 12.2 Å². The molecule has 118 valence electrons. The molecule has 0 amide bonds. The van der Waals surface area contributed by atoms with E-state index in [4.69, 9.17) is 4.42 Å². The minimum atomic E-state index is -0.0289. The van der Waals surface area contributed by atoms with E-state index in [2.05, 4.69) is 9.88 Å². The Balaban J connectivity index is 1.66. The molecule has 0 aromatic carbocycles. The van der Waals surface area contributed by atoms with Gasteiger partial charge in [0.1, 0.15) is 11.4 Å². The van der Waals surface area contributed by atoms with Crippen LogP contribution in [0.1, 0.15) is 35.9 Å². The molecule has 0 N–H and O–H groups in total. The largest absolute Gasteiger partial charge is 0.468 e. The molecule has 1 aliphatic heterocycles. The summed E-state index contributed by atoms with van der Waals surface area (Å²) in [5.41, 5.74) is 2.60. The van der Waals surface area contributed by atoms with E-state index in [1.54, 1.807) is 22.9 Å². The number of aryl methyl sites for hydroxylation is 1. The first kappa shape index (κ1) is 14.2. The molecule has 23 heavy (non-hydrogen) atoms. The van der Waals surface area contributed by atoms with Crippen molar-refractivity contribution in [3.05, 3.63) is 70.2 Å². The molecule has 3 aromatic heterocycles. The Morgan fingerprint density at radius 3 is 3.09 bits per heavy atom.